The number of carbonyl (C=O) groups is 2. The van der Waals surface area contributed by atoms with Crippen LogP contribution in [0.4, 0.5) is 0 Å². The summed E-state index contributed by atoms with van der Waals surface area (Å²) in [6.07, 6.45) is 1.23. The van der Waals surface area contributed by atoms with Crippen LogP contribution in [0.3, 0.4) is 0 Å². The van der Waals surface area contributed by atoms with E-state index in [1.54, 1.807) is 6.07 Å². The molecule has 16 heavy (non-hydrogen) atoms. The lowest BCUT2D eigenvalue weighted by molar-refractivity contribution is -0.142. The van der Waals surface area contributed by atoms with Crippen LogP contribution in [-0.4, -0.2) is 37.8 Å². The summed E-state index contributed by atoms with van der Waals surface area (Å²) in [6.45, 7) is 1.14. The van der Waals surface area contributed by atoms with Crippen LogP contribution >= 0.6 is 0 Å². The van der Waals surface area contributed by atoms with E-state index in [2.05, 4.69) is 15.4 Å². The minimum absolute atomic E-state index is 0.0491. The molecular weight excluding hydrogens is 214 g/mol. The summed E-state index contributed by atoms with van der Waals surface area (Å²) in [7, 11) is 0. The van der Waals surface area contributed by atoms with Crippen molar-refractivity contribution >= 4 is 11.9 Å². The molecule has 1 unspecified atom stereocenters. The minimum atomic E-state index is -1.18. The summed E-state index contributed by atoms with van der Waals surface area (Å²) in [4.78, 5) is 25.1. The van der Waals surface area contributed by atoms with E-state index in [0.717, 1.165) is 0 Å². The molecule has 1 atom stereocenters. The maximum Gasteiger partial charge on any atom is 0.328 e. The Morgan fingerprint density at radius 3 is 2.88 bits per heavy atom. The first kappa shape index (κ1) is 11.6. The van der Waals surface area contributed by atoms with Gasteiger partial charge < -0.3 is 10.4 Å². The molecule has 1 rings (SSSR count). The third-order valence-corrected chi connectivity index (χ3v) is 1.68. The first-order chi connectivity index (χ1) is 7.52. The molecule has 0 bridgehead atoms. The monoisotopic (exact) mass is 223 g/mol. The smallest absolute Gasteiger partial charge is 0.328 e. The van der Waals surface area contributed by atoms with E-state index in [-0.39, 0.29) is 12.4 Å². The van der Waals surface area contributed by atoms with Crippen LogP contribution in [0.2, 0.25) is 0 Å². The largest absolute Gasteiger partial charge is 0.480 e. The number of aromatic nitrogens is 3. The number of carboxylic acids is 1. The molecule has 1 aromatic rings. The molecule has 0 fully saturated rings. The van der Waals surface area contributed by atoms with Crippen molar-refractivity contribution in [3.05, 3.63) is 12.2 Å². The molecule has 0 saturated heterocycles. The van der Waals surface area contributed by atoms with Gasteiger partial charge in [-0.25, -0.2) is 14.5 Å². The normalized spacial score (nSPS) is 11.5. The highest BCUT2D eigenvalue weighted by atomic mass is 16.4. The average molecular weight is 223 g/mol. The van der Waals surface area contributed by atoms with Gasteiger partial charge in [-0.2, -0.15) is 5.26 Å². The van der Waals surface area contributed by atoms with Crippen molar-refractivity contribution in [3.8, 4) is 6.07 Å². The molecule has 0 aliphatic rings. The maximum absolute atomic E-state index is 10.8. The van der Waals surface area contributed by atoms with Crippen molar-refractivity contribution in [2.24, 2.45) is 0 Å². The lowest BCUT2D eigenvalue weighted by atomic mass is 10.3. The van der Waals surface area contributed by atoms with Crippen LogP contribution in [0.1, 0.15) is 12.7 Å². The van der Waals surface area contributed by atoms with Gasteiger partial charge in [-0.1, -0.05) is 0 Å². The SMILES string of the molecule is CC(=O)NC(Cn1cnc(C#N)n1)C(=O)O. The quantitative estimate of drug-likeness (QED) is 0.657. The third kappa shape index (κ3) is 3.06. The van der Waals surface area contributed by atoms with E-state index in [9.17, 15) is 9.59 Å². The van der Waals surface area contributed by atoms with E-state index in [1.807, 2.05) is 0 Å². The van der Waals surface area contributed by atoms with Crippen LogP contribution in [0.5, 0.6) is 0 Å². The number of amides is 1. The van der Waals surface area contributed by atoms with Crippen molar-refractivity contribution in [2.75, 3.05) is 0 Å². The number of aliphatic carboxylic acids is 1. The second-order valence-electron chi connectivity index (χ2n) is 2.99. The zero-order valence-electron chi connectivity index (χ0n) is 8.41. The summed E-state index contributed by atoms with van der Waals surface area (Å²) >= 11 is 0. The summed E-state index contributed by atoms with van der Waals surface area (Å²) in [5.74, 6) is -1.68. The van der Waals surface area contributed by atoms with Gasteiger partial charge in [0.15, 0.2) is 0 Å². The van der Waals surface area contributed by atoms with Crippen LogP contribution in [0.15, 0.2) is 6.33 Å². The zero-order chi connectivity index (χ0) is 12.1. The van der Waals surface area contributed by atoms with Gasteiger partial charge >= 0.3 is 5.97 Å². The Balaban J connectivity index is 2.72. The molecule has 8 heteroatoms. The number of nitriles is 1. The molecule has 0 saturated carbocycles. The van der Waals surface area contributed by atoms with Gasteiger partial charge in [0, 0.05) is 6.92 Å². The molecule has 1 heterocycles. The Hall–Kier alpha value is -2.43. The molecule has 1 aromatic heterocycles. The predicted molar refractivity (Wildman–Crippen MR) is 50.0 cm³/mol. The topological polar surface area (TPSA) is 121 Å². The number of carboxylic acid groups (broad SMARTS) is 1. The number of nitrogens with zero attached hydrogens (tertiary/aromatic N) is 4. The zero-order valence-corrected chi connectivity index (χ0v) is 8.41. The van der Waals surface area contributed by atoms with Crippen molar-refractivity contribution in [1.29, 1.82) is 5.26 Å². The van der Waals surface area contributed by atoms with Crippen molar-refractivity contribution in [2.45, 2.75) is 19.5 Å². The number of hydrogen-bond acceptors (Lipinski definition) is 5. The van der Waals surface area contributed by atoms with E-state index < -0.39 is 17.9 Å². The minimum Gasteiger partial charge on any atom is -0.480 e. The predicted octanol–water partition coefficient (Wildman–Crippen LogP) is -1.26. The van der Waals surface area contributed by atoms with Crippen molar-refractivity contribution < 1.29 is 14.7 Å². The highest BCUT2D eigenvalue weighted by Gasteiger charge is 2.19. The lowest BCUT2D eigenvalue weighted by Crippen LogP contribution is -2.42. The Morgan fingerprint density at radius 2 is 2.44 bits per heavy atom. The van der Waals surface area contributed by atoms with Crippen LogP contribution in [0.25, 0.3) is 0 Å². The Labute approximate surface area is 90.5 Å². The molecule has 8 nitrogen and oxygen atoms in total. The van der Waals surface area contributed by atoms with Gasteiger partial charge in [-0.15, -0.1) is 5.10 Å². The van der Waals surface area contributed by atoms with Gasteiger partial charge in [-0.05, 0) is 0 Å². The fourth-order valence-corrected chi connectivity index (χ4v) is 1.05. The van der Waals surface area contributed by atoms with E-state index in [4.69, 9.17) is 10.4 Å². The molecule has 0 aliphatic carbocycles. The molecule has 2 N–H and O–H groups in total. The van der Waals surface area contributed by atoms with Crippen LogP contribution < -0.4 is 5.32 Å². The number of rotatable bonds is 4. The summed E-state index contributed by atoms with van der Waals surface area (Å²) < 4.78 is 1.19. The van der Waals surface area contributed by atoms with Gasteiger partial charge in [0.2, 0.25) is 5.91 Å². The highest BCUT2D eigenvalue weighted by Crippen LogP contribution is 1.93. The number of carbonyl (C=O) groups excluding carboxylic acids is 1. The molecule has 84 valence electrons. The second kappa shape index (κ2) is 4.88. The van der Waals surface area contributed by atoms with E-state index in [1.165, 1.54) is 17.9 Å². The standard InChI is InChI=1S/C8H9N5O3/c1-5(14)11-6(8(15)16)3-13-4-10-7(2-9)12-13/h4,6H,3H2,1H3,(H,11,14)(H,15,16). The van der Waals surface area contributed by atoms with E-state index >= 15 is 0 Å². The molecule has 0 radical (unpaired) electrons. The van der Waals surface area contributed by atoms with Gasteiger partial charge in [0.25, 0.3) is 5.82 Å². The fourth-order valence-electron chi connectivity index (χ4n) is 1.05. The lowest BCUT2D eigenvalue weighted by Gasteiger charge is -2.12. The summed E-state index contributed by atoms with van der Waals surface area (Å²) in [6, 6.07) is 0.621. The Kier molecular flexibility index (Phi) is 3.55. The number of hydrogen-bond donors (Lipinski definition) is 2. The molecular formula is C8H9N5O3. The van der Waals surface area contributed by atoms with Gasteiger partial charge in [0.1, 0.15) is 18.4 Å². The Morgan fingerprint density at radius 1 is 1.75 bits per heavy atom. The molecule has 0 aromatic carbocycles. The molecule has 0 spiro atoms. The highest BCUT2D eigenvalue weighted by molar-refractivity contribution is 5.81. The second-order valence-corrected chi connectivity index (χ2v) is 2.99. The molecule has 0 aliphatic heterocycles. The maximum atomic E-state index is 10.8. The molecule has 1 amide bonds. The summed E-state index contributed by atoms with van der Waals surface area (Å²) in [5, 5.41) is 23.2. The van der Waals surface area contributed by atoms with Crippen molar-refractivity contribution in [3.63, 3.8) is 0 Å². The first-order valence-corrected chi connectivity index (χ1v) is 4.32. The van der Waals surface area contributed by atoms with Crippen LogP contribution in [-0.2, 0) is 16.1 Å². The first-order valence-electron chi connectivity index (χ1n) is 4.32. The van der Waals surface area contributed by atoms with E-state index in [0.29, 0.717) is 0 Å². The third-order valence-electron chi connectivity index (χ3n) is 1.68. The Bertz CT molecular complexity index is 447. The summed E-state index contributed by atoms with van der Waals surface area (Å²) in [5.41, 5.74) is 0. The van der Waals surface area contributed by atoms with Gasteiger partial charge in [-0.3, -0.25) is 4.79 Å². The number of nitrogens with one attached hydrogen (secondary N) is 1. The fraction of sp³-hybridized carbons (Fsp3) is 0.375. The van der Waals surface area contributed by atoms with Gasteiger partial charge in [0.05, 0.1) is 6.54 Å². The average Bonchev–Trinajstić information content (AvgIpc) is 2.63. The van der Waals surface area contributed by atoms with Crippen LogP contribution in [0, 0.1) is 11.3 Å². The van der Waals surface area contributed by atoms with Crippen molar-refractivity contribution in [1.82, 2.24) is 20.1 Å².